The van der Waals surface area contributed by atoms with Crippen molar-refractivity contribution in [2.75, 3.05) is 11.4 Å². The van der Waals surface area contributed by atoms with Crippen LogP contribution in [0.1, 0.15) is 21.7 Å². The number of anilines is 1. The largest absolute Gasteiger partial charge is 0.470 e. The van der Waals surface area contributed by atoms with E-state index in [2.05, 4.69) is 10.1 Å². The highest BCUT2D eigenvalue weighted by molar-refractivity contribution is 6.05. The number of amides is 1. The Kier molecular flexibility index (Phi) is 3.93. The Balaban J connectivity index is 1.51. The minimum absolute atomic E-state index is 0.0599. The molecule has 0 atom stereocenters. The van der Waals surface area contributed by atoms with Gasteiger partial charge in [-0.1, -0.05) is 23.8 Å². The lowest BCUT2D eigenvalue weighted by atomic mass is 10.2. The molecular weight excluding hydrogens is 316 g/mol. The number of aromatic nitrogens is 3. The van der Waals surface area contributed by atoms with Crippen molar-refractivity contribution in [2.45, 2.75) is 20.1 Å². The molecule has 4 rings (SSSR count). The first-order valence-corrected chi connectivity index (χ1v) is 8.20. The monoisotopic (exact) mass is 334 g/mol. The Labute approximate surface area is 145 Å². The lowest BCUT2D eigenvalue weighted by Gasteiger charge is -2.27. The number of pyridine rings is 1. The maximum atomic E-state index is 12.8. The molecule has 0 saturated carbocycles. The van der Waals surface area contributed by atoms with Crippen molar-refractivity contribution in [3.63, 3.8) is 0 Å². The van der Waals surface area contributed by atoms with E-state index < -0.39 is 0 Å². The van der Waals surface area contributed by atoms with E-state index in [1.54, 1.807) is 21.8 Å². The Morgan fingerprint density at radius 1 is 1.12 bits per heavy atom. The Morgan fingerprint density at radius 3 is 2.72 bits per heavy atom. The fraction of sp³-hybridized carbons (Fsp3) is 0.211. The summed E-state index contributed by atoms with van der Waals surface area (Å²) in [7, 11) is 0. The van der Waals surface area contributed by atoms with Gasteiger partial charge in [0.1, 0.15) is 12.3 Å². The first-order chi connectivity index (χ1) is 12.2. The van der Waals surface area contributed by atoms with Gasteiger partial charge in [-0.15, -0.1) is 5.10 Å². The van der Waals surface area contributed by atoms with Crippen LogP contribution in [0, 0.1) is 6.92 Å². The van der Waals surface area contributed by atoms with Crippen LogP contribution in [0.3, 0.4) is 0 Å². The van der Waals surface area contributed by atoms with Gasteiger partial charge in [-0.3, -0.25) is 14.5 Å². The van der Waals surface area contributed by atoms with E-state index >= 15 is 0 Å². The fourth-order valence-corrected chi connectivity index (χ4v) is 2.84. The van der Waals surface area contributed by atoms with Crippen LogP contribution in [-0.4, -0.2) is 27.2 Å². The number of hydrogen-bond acceptors (Lipinski definition) is 4. The summed E-state index contributed by atoms with van der Waals surface area (Å²) in [6.07, 6.45) is 1.72. The lowest BCUT2D eigenvalue weighted by molar-refractivity contribution is 0.0962. The van der Waals surface area contributed by atoms with Crippen LogP contribution in [0.25, 0.3) is 0 Å². The van der Waals surface area contributed by atoms with E-state index in [9.17, 15) is 4.79 Å². The third-order valence-corrected chi connectivity index (χ3v) is 4.20. The maximum Gasteiger partial charge on any atom is 0.276 e. The standard InChI is InChI=1S/C19H18N4O2/c1-14-5-7-16(8-6-14)22-10-11-23-17(19(22)24)12-18(21-23)25-13-15-4-2-3-9-20-15/h2-9,12H,10-11,13H2,1H3. The van der Waals surface area contributed by atoms with Gasteiger partial charge in [0.05, 0.1) is 12.2 Å². The maximum absolute atomic E-state index is 12.8. The number of nitrogens with zero attached hydrogens (tertiary/aromatic N) is 4. The van der Waals surface area contributed by atoms with Gasteiger partial charge < -0.3 is 9.64 Å². The second-order valence-electron chi connectivity index (χ2n) is 5.99. The molecule has 0 aliphatic carbocycles. The molecule has 1 amide bonds. The van der Waals surface area contributed by atoms with Gasteiger partial charge >= 0.3 is 0 Å². The smallest absolute Gasteiger partial charge is 0.276 e. The lowest BCUT2D eigenvalue weighted by Crippen LogP contribution is -2.40. The summed E-state index contributed by atoms with van der Waals surface area (Å²) in [5.74, 6) is 0.384. The summed E-state index contributed by atoms with van der Waals surface area (Å²) in [5.41, 5.74) is 3.44. The molecule has 0 N–H and O–H groups in total. The van der Waals surface area contributed by atoms with Gasteiger partial charge in [0.15, 0.2) is 0 Å². The molecule has 0 unspecified atom stereocenters. The molecule has 0 bridgehead atoms. The number of rotatable bonds is 4. The molecule has 1 aliphatic rings. The van der Waals surface area contributed by atoms with Crippen molar-refractivity contribution in [1.29, 1.82) is 0 Å². The van der Waals surface area contributed by atoms with Gasteiger partial charge in [-0.25, -0.2) is 0 Å². The first kappa shape index (κ1) is 15.4. The molecule has 126 valence electrons. The third kappa shape index (κ3) is 3.10. The van der Waals surface area contributed by atoms with Crippen molar-refractivity contribution < 1.29 is 9.53 Å². The van der Waals surface area contributed by atoms with E-state index in [4.69, 9.17) is 4.74 Å². The highest BCUT2D eigenvalue weighted by Gasteiger charge is 2.27. The van der Waals surface area contributed by atoms with Gasteiger partial charge in [-0.2, -0.15) is 0 Å². The van der Waals surface area contributed by atoms with E-state index in [1.807, 2.05) is 49.4 Å². The van der Waals surface area contributed by atoms with Crippen molar-refractivity contribution in [2.24, 2.45) is 0 Å². The highest BCUT2D eigenvalue weighted by Crippen LogP contribution is 2.24. The number of carbonyl (C=O) groups is 1. The van der Waals surface area contributed by atoms with Crippen LogP contribution in [0.15, 0.2) is 54.7 Å². The summed E-state index contributed by atoms with van der Waals surface area (Å²) in [4.78, 5) is 18.8. The average Bonchev–Trinajstić information content (AvgIpc) is 3.06. The van der Waals surface area contributed by atoms with Crippen LogP contribution in [0.4, 0.5) is 5.69 Å². The molecule has 25 heavy (non-hydrogen) atoms. The van der Waals surface area contributed by atoms with E-state index in [-0.39, 0.29) is 5.91 Å². The van der Waals surface area contributed by atoms with Crippen LogP contribution in [0.2, 0.25) is 0 Å². The minimum Gasteiger partial charge on any atom is -0.470 e. The highest BCUT2D eigenvalue weighted by atomic mass is 16.5. The number of ether oxygens (including phenoxy) is 1. The Bertz CT molecular complexity index is 888. The van der Waals surface area contributed by atoms with Crippen LogP contribution < -0.4 is 9.64 Å². The SMILES string of the molecule is Cc1ccc(N2CCn3nc(OCc4ccccn4)cc3C2=O)cc1. The minimum atomic E-state index is -0.0599. The summed E-state index contributed by atoms with van der Waals surface area (Å²) in [5, 5.41) is 4.38. The molecule has 1 aromatic carbocycles. The third-order valence-electron chi connectivity index (χ3n) is 4.20. The zero-order valence-electron chi connectivity index (χ0n) is 13.9. The van der Waals surface area contributed by atoms with Crippen molar-refractivity contribution in [3.05, 3.63) is 71.7 Å². The summed E-state index contributed by atoms with van der Waals surface area (Å²) in [6.45, 7) is 3.59. The number of aryl methyl sites for hydroxylation is 1. The fourth-order valence-electron chi connectivity index (χ4n) is 2.84. The zero-order valence-corrected chi connectivity index (χ0v) is 13.9. The molecule has 6 heteroatoms. The molecule has 1 aliphatic heterocycles. The molecular formula is C19H18N4O2. The van der Waals surface area contributed by atoms with Crippen LogP contribution in [0.5, 0.6) is 5.88 Å². The molecule has 2 aromatic heterocycles. The molecule has 3 heterocycles. The van der Waals surface area contributed by atoms with Crippen LogP contribution in [-0.2, 0) is 13.2 Å². The van der Waals surface area contributed by atoms with Crippen molar-refractivity contribution >= 4 is 11.6 Å². The number of fused-ring (bicyclic) bond motifs is 1. The molecule has 0 radical (unpaired) electrons. The van der Waals surface area contributed by atoms with Gasteiger partial charge in [0.25, 0.3) is 5.91 Å². The van der Waals surface area contributed by atoms with Crippen LogP contribution >= 0.6 is 0 Å². The second kappa shape index (κ2) is 6.39. The van der Waals surface area contributed by atoms with Gasteiger partial charge in [0, 0.05) is 24.5 Å². The predicted octanol–water partition coefficient (Wildman–Crippen LogP) is 2.83. The van der Waals surface area contributed by atoms with E-state index in [0.29, 0.717) is 31.3 Å². The number of carbonyl (C=O) groups excluding carboxylic acids is 1. The van der Waals surface area contributed by atoms with Gasteiger partial charge in [-0.05, 0) is 31.2 Å². The molecule has 6 nitrogen and oxygen atoms in total. The average molecular weight is 334 g/mol. The molecule has 3 aromatic rings. The van der Waals surface area contributed by atoms with Crippen molar-refractivity contribution in [1.82, 2.24) is 14.8 Å². The predicted molar refractivity (Wildman–Crippen MR) is 93.7 cm³/mol. The Hall–Kier alpha value is -3.15. The summed E-state index contributed by atoms with van der Waals surface area (Å²) >= 11 is 0. The normalized spacial score (nSPS) is 13.6. The van der Waals surface area contributed by atoms with E-state index in [1.165, 1.54) is 5.56 Å². The zero-order chi connectivity index (χ0) is 17.2. The quantitative estimate of drug-likeness (QED) is 0.736. The summed E-state index contributed by atoms with van der Waals surface area (Å²) < 4.78 is 7.39. The summed E-state index contributed by atoms with van der Waals surface area (Å²) in [6, 6.07) is 15.3. The first-order valence-electron chi connectivity index (χ1n) is 8.20. The van der Waals surface area contributed by atoms with Crippen molar-refractivity contribution in [3.8, 4) is 5.88 Å². The second-order valence-corrected chi connectivity index (χ2v) is 5.99. The molecule has 0 spiro atoms. The number of hydrogen-bond donors (Lipinski definition) is 0. The van der Waals surface area contributed by atoms with E-state index in [0.717, 1.165) is 11.4 Å². The topological polar surface area (TPSA) is 60.3 Å². The molecule has 0 saturated heterocycles. The molecule has 0 fully saturated rings. The number of benzene rings is 1. The Morgan fingerprint density at radius 2 is 1.96 bits per heavy atom. The van der Waals surface area contributed by atoms with Gasteiger partial charge in [0.2, 0.25) is 5.88 Å².